The Labute approximate surface area is 133 Å². The summed E-state index contributed by atoms with van der Waals surface area (Å²) in [6.07, 6.45) is 2.03. The first kappa shape index (κ1) is 15.0. The molecule has 0 radical (unpaired) electrons. The van der Waals surface area contributed by atoms with Crippen LogP contribution in [0.2, 0.25) is 0 Å². The second-order valence-corrected chi connectivity index (χ2v) is 5.79. The molecular formula is C16H13Cl2NS. The molecule has 4 heteroatoms. The Morgan fingerprint density at radius 2 is 1.70 bits per heavy atom. The van der Waals surface area contributed by atoms with Gasteiger partial charge in [0.25, 0.3) is 5.01 Å². The molecule has 0 saturated heterocycles. The van der Waals surface area contributed by atoms with E-state index in [9.17, 15) is 0 Å². The Morgan fingerprint density at radius 3 is 2.40 bits per heavy atom. The number of aromatic nitrogens is 1. The molecule has 0 aliphatic heterocycles. The number of rotatable bonds is 2. The van der Waals surface area contributed by atoms with Crippen molar-refractivity contribution in [1.82, 2.24) is 0 Å². The van der Waals surface area contributed by atoms with Crippen LogP contribution in [-0.2, 0) is 7.05 Å². The van der Waals surface area contributed by atoms with Crippen LogP contribution < -0.4 is 17.0 Å². The van der Waals surface area contributed by atoms with E-state index in [1.54, 1.807) is 11.3 Å². The number of aryl methyl sites for hydroxylation is 1. The van der Waals surface area contributed by atoms with Gasteiger partial charge in [-0.15, -0.1) is 0 Å². The summed E-state index contributed by atoms with van der Waals surface area (Å²) in [5, 5.41) is 1.91. The third kappa shape index (κ3) is 2.88. The fraction of sp³-hybridized carbons (Fsp3) is 0.0625. The second kappa shape index (κ2) is 6.40. The van der Waals surface area contributed by atoms with Gasteiger partial charge in [-0.05, 0) is 11.6 Å². The maximum Gasteiger partial charge on any atom is 0.264 e. The molecule has 20 heavy (non-hydrogen) atoms. The van der Waals surface area contributed by atoms with E-state index >= 15 is 0 Å². The van der Waals surface area contributed by atoms with Crippen molar-refractivity contribution in [3.63, 3.8) is 0 Å². The zero-order valence-corrected chi connectivity index (χ0v) is 13.2. The third-order valence-electron chi connectivity index (χ3n) is 3.07. The van der Waals surface area contributed by atoms with Crippen LogP contribution in [0, 0.1) is 0 Å². The minimum atomic E-state index is 0. The van der Waals surface area contributed by atoms with Crippen LogP contribution in [0.1, 0.15) is 10.6 Å². The van der Waals surface area contributed by atoms with Gasteiger partial charge >= 0.3 is 0 Å². The first-order chi connectivity index (χ1) is 9.25. The molecule has 1 heterocycles. The molecule has 0 unspecified atom stereocenters. The zero-order chi connectivity index (χ0) is 13.2. The molecule has 0 atom stereocenters. The van der Waals surface area contributed by atoms with Crippen molar-refractivity contribution in [3.8, 4) is 0 Å². The van der Waals surface area contributed by atoms with E-state index in [0.717, 1.165) is 15.6 Å². The van der Waals surface area contributed by atoms with Gasteiger partial charge in [0.1, 0.15) is 11.7 Å². The van der Waals surface area contributed by atoms with Crippen LogP contribution in [0.5, 0.6) is 0 Å². The molecular weight excluding hydrogens is 309 g/mol. The molecule has 2 aromatic carbocycles. The predicted molar refractivity (Wildman–Crippen MR) is 83.2 cm³/mol. The van der Waals surface area contributed by atoms with Crippen molar-refractivity contribution in [2.24, 2.45) is 7.05 Å². The highest BCUT2D eigenvalue weighted by atomic mass is 35.5. The summed E-state index contributed by atoms with van der Waals surface area (Å²) >= 11 is 8.14. The molecule has 102 valence electrons. The molecule has 3 rings (SSSR count). The molecule has 0 bridgehead atoms. The molecule has 0 fully saturated rings. The third-order valence-corrected chi connectivity index (χ3v) is 4.56. The van der Waals surface area contributed by atoms with Gasteiger partial charge in [-0.3, -0.25) is 0 Å². The number of hydrogen-bond acceptors (Lipinski definition) is 1. The lowest BCUT2D eigenvalue weighted by Crippen LogP contribution is -3.00. The Hall–Kier alpha value is -1.35. The highest BCUT2D eigenvalue weighted by Crippen LogP contribution is 2.26. The van der Waals surface area contributed by atoms with Crippen molar-refractivity contribution in [2.45, 2.75) is 0 Å². The molecule has 0 amide bonds. The van der Waals surface area contributed by atoms with Crippen LogP contribution in [0.4, 0.5) is 0 Å². The van der Waals surface area contributed by atoms with E-state index in [0.29, 0.717) is 0 Å². The molecule has 0 aliphatic carbocycles. The van der Waals surface area contributed by atoms with E-state index in [-0.39, 0.29) is 12.4 Å². The first-order valence-electron chi connectivity index (χ1n) is 6.06. The van der Waals surface area contributed by atoms with E-state index in [2.05, 4.69) is 35.9 Å². The van der Waals surface area contributed by atoms with Crippen molar-refractivity contribution in [1.29, 1.82) is 0 Å². The van der Waals surface area contributed by atoms with Gasteiger partial charge in [0, 0.05) is 12.1 Å². The van der Waals surface area contributed by atoms with Crippen molar-refractivity contribution < 1.29 is 17.0 Å². The molecule has 1 nitrogen and oxygen atoms in total. The number of nitrogens with zero attached hydrogens (tertiary/aromatic N) is 1. The Bertz CT molecular complexity index is 748. The number of halogens is 2. The highest BCUT2D eigenvalue weighted by molar-refractivity contribution is 7.19. The molecule has 0 saturated carbocycles. The van der Waals surface area contributed by atoms with Crippen molar-refractivity contribution in [3.05, 3.63) is 65.2 Å². The maximum absolute atomic E-state index is 6.39. The van der Waals surface area contributed by atoms with Gasteiger partial charge in [0.15, 0.2) is 0 Å². The molecule has 3 aromatic rings. The van der Waals surface area contributed by atoms with E-state index in [1.165, 1.54) is 10.2 Å². The SMILES string of the molecule is C[n+]1c(/C=C(\Cl)c2ccccc2)sc2ccccc21.[Cl-]. The number of para-hydroxylation sites is 1. The summed E-state index contributed by atoms with van der Waals surface area (Å²) in [6.45, 7) is 0. The van der Waals surface area contributed by atoms with Gasteiger partial charge in [-0.2, -0.15) is 4.57 Å². The minimum absolute atomic E-state index is 0. The monoisotopic (exact) mass is 321 g/mol. The van der Waals surface area contributed by atoms with Gasteiger partial charge in [0.2, 0.25) is 5.52 Å². The van der Waals surface area contributed by atoms with Crippen molar-refractivity contribution in [2.75, 3.05) is 0 Å². The second-order valence-electron chi connectivity index (χ2n) is 4.33. The summed E-state index contributed by atoms with van der Waals surface area (Å²) in [6, 6.07) is 18.4. The lowest BCUT2D eigenvalue weighted by Gasteiger charge is -1.96. The Kier molecular flexibility index (Phi) is 4.81. The normalized spacial score (nSPS) is 11.4. The van der Waals surface area contributed by atoms with E-state index in [1.807, 2.05) is 36.4 Å². The number of hydrogen-bond donors (Lipinski definition) is 0. The highest BCUT2D eigenvalue weighted by Gasteiger charge is 2.14. The zero-order valence-electron chi connectivity index (χ0n) is 10.9. The average Bonchev–Trinajstić information content (AvgIpc) is 2.77. The fourth-order valence-corrected chi connectivity index (χ4v) is 3.42. The minimum Gasteiger partial charge on any atom is -1.00 e. The van der Waals surface area contributed by atoms with Crippen LogP contribution in [0.15, 0.2) is 54.6 Å². The maximum atomic E-state index is 6.39. The van der Waals surface area contributed by atoms with E-state index < -0.39 is 0 Å². The number of fused-ring (bicyclic) bond motifs is 1. The average molecular weight is 322 g/mol. The molecule has 0 aliphatic rings. The molecule has 0 N–H and O–H groups in total. The van der Waals surface area contributed by atoms with E-state index in [4.69, 9.17) is 11.6 Å². The van der Waals surface area contributed by atoms with Crippen LogP contribution >= 0.6 is 22.9 Å². The summed E-state index contributed by atoms with van der Waals surface area (Å²) in [7, 11) is 2.07. The summed E-state index contributed by atoms with van der Waals surface area (Å²) in [5.74, 6) is 0. The quantitative estimate of drug-likeness (QED) is 0.629. The summed E-state index contributed by atoms with van der Waals surface area (Å²) < 4.78 is 3.44. The van der Waals surface area contributed by atoms with Crippen molar-refractivity contribution >= 4 is 44.3 Å². The van der Waals surface area contributed by atoms with Gasteiger partial charge in [-0.1, -0.05) is 65.4 Å². The molecule has 1 aromatic heterocycles. The van der Waals surface area contributed by atoms with Crippen LogP contribution in [0.3, 0.4) is 0 Å². The summed E-state index contributed by atoms with van der Waals surface area (Å²) in [5.41, 5.74) is 2.28. The lowest BCUT2D eigenvalue weighted by atomic mass is 10.2. The van der Waals surface area contributed by atoms with Crippen LogP contribution in [-0.4, -0.2) is 0 Å². The van der Waals surface area contributed by atoms with Crippen LogP contribution in [0.25, 0.3) is 21.3 Å². The Balaban J connectivity index is 0.00000147. The first-order valence-corrected chi connectivity index (χ1v) is 7.25. The predicted octanol–water partition coefficient (Wildman–Crippen LogP) is 1.47. The van der Waals surface area contributed by atoms with Gasteiger partial charge in [0.05, 0.1) is 5.03 Å². The Morgan fingerprint density at radius 1 is 1.05 bits per heavy atom. The number of thiazole rings is 1. The fourth-order valence-electron chi connectivity index (χ4n) is 2.04. The summed E-state index contributed by atoms with van der Waals surface area (Å²) in [4.78, 5) is 0. The van der Waals surface area contributed by atoms with Gasteiger partial charge < -0.3 is 12.4 Å². The smallest absolute Gasteiger partial charge is 0.264 e. The molecule has 0 spiro atoms. The largest absolute Gasteiger partial charge is 1.00 e. The standard InChI is InChI=1S/C16H13ClNS.ClH/c1-18-14-9-5-6-10-15(14)19-16(18)11-13(17)12-7-3-2-4-8-12;/h2-11H,1H3;1H/q+1;/p-1/b13-11-;. The lowest BCUT2D eigenvalue weighted by molar-refractivity contribution is -0.642. The topological polar surface area (TPSA) is 3.88 Å². The van der Waals surface area contributed by atoms with Gasteiger partial charge in [-0.25, -0.2) is 0 Å². The number of benzene rings is 2.